The molecule has 126 valence electrons. The summed E-state index contributed by atoms with van der Waals surface area (Å²) in [6.07, 6.45) is 0. The van der Waals surface area contributed by atoms with Crippen LogP contribution in [0.2, 0.25) is 0 Å². The second-order valence-corrected chi connectivity index (χ2v) is 6.34. The van der Waals surface area contributed by atoms with Gasteiger partial charge in [0.1, 0.15) is 0 Å². The normalized spacial score (nSPS) is 10.4. The molecule has 5 nitrogen and oxygen atoms in total. The van der Waals surface area contributed by atoms with Gasteiger partial charge in [-0.1, -0.05) is 24.3 Å². The summed E-state index contributed by atoms with van der Waals surface area (Å²) in [7, 11) is 0. The van der Waals surface area contributed by atoms with Gasteiger partial charge in [0.15, 0.2) is 0 Å². The van der Waals surface area contributed by atoms with Crippen molar-refractivity contribution in [2.24, 2.45) is 5.73 Å². The highest BCUT2D eigenvalue weighted by Gasteiger charge is 2.14. The lowest BCUT2D eigenvalue weighted by molar-refractivity contribution is 0.100. The zero-order valence-electron chi connectivity index (χ0n) is 13.2. The lowest BCUT2D eigenvalue weighted by atomic mass is 10.0. The maximum absolute atomic E-state index is 12.5. The van der Waals surface area contributed by atoms with Crippen molar-refractivity contribution in [3.05, 3.63) is 76.0 Å². The van der Waals surface area contributed by atoms with Gasteiger partial charge < -0.3 is 16.2 Å². The van der Waals surface area contributed by atoms with Gasteiger partial charge in [0.05, 0.1) is 11.5 Å². The topological polar surface area (TPSA) is 92.4 Å². The molecule has 0 aliphatic rings. The van der Waals surface area contributed by atoms with E-state index in [1.54, 1.807) is 47.8 Å². The van der Waals surface area contributed by atoms with Gasteiger partial charge in [-0.25, -0.2) is 0 Å². The third-order valence-corrected chi connectivity index (χ3v) is 4.62. The predicted molar refractivity (Wildman–Crippen MR) is 98.6 cm³/mol. The fourth-order valence-electron chi connectivity index (χ4n) is 2.51. The smallest absolute Gasteiger partial charge is 0.259 e. The first-order valence-electron chi connectivity index (χ1n) is 7.57. The van der Waals surface area contributed by atoms with Crippen molar-refractivity contribution >= 4 is 28.8 Å². The van der Waals surface area contributed by atoms with Crippen LogP contribution in [0.15, 0.2) is 60.0 Å². The number of hydrogen-bond donors (Lipinski definition) is 3. The van der Waals surface area contributed by atoms with Crippen molar-refractivity contribution in [3.63, 3.8) is 0 Å². The van der Waals surface area contributed by atoms with Crippen LogP contribution in [-0.4, -0.2) is 16.9 Å². The van der Waals surface area contributed by atoms with Crippen LogP contribution in [0.25, 0.3) is 11.1 Å². The minimum absolute atomic E-state index is 0.0900. The number of thiophene rings is 1. The lowest BCUT2D eigenvalue weighted by Gasteiger charge is -2.08. The Morgan fingerprint density at radius 2 is 1.88 bits per heavy atom. The van der Waals surface area contributed by atoms with Crippen molar-refractivity contribution in [2.75, 3.05) is 5.32 Å². The number of aliphatic hydroxyl groups is 1. The van der Waals surface area contributed by atoms with E-state index < -0.39 is 5.91 Å². The average molecular weight is 352 g/mol. The van der Waals surface area contributed by atoms with Crippen molar-refractivity contribution in [3.8, 4) is 11.1 Å². The summed E-state index contributed by atoms with van der Waals surface area (Å²) < 4.78 is 0. The Morgan fingerprint density at radius 1 is 1.08 bits per heavy atom. The number of nitrogens with one attached hydrogen (secondary N) is 1. The molecule has 0 atom stereocenters. The molecule has 3 rings (SSSR count). The number of nitrogens with two attached hydrogens (primary N) is 1. The van der Waals surface area contributed by atoms with Crippen molar-refractivity contribution in [1.29, 1.82) is 0 Å². The molecule has 0 unspecified atom stereocenters. The first-order valence-corrected chi connectivity index (χ1v) is 8.45. The van der Waals surface area contributed by atoms with E-state index in [-0.39, 0.29) is 12.5 Å². The molecule has 1 heterocycles. The Balaban J connectivity index is 1.87. The molecular weight excluding hydrogens is 336 g/mol. The van der Waals surface area contributed by atoms with Gasteiger partial charge in [-0.3, -0.25) is 9.59 Å². The van der Waals surface area contributed by atoms with Crippen LogP contribution in [0.1, 0.15) is 25.6 Å². The van der Waals surface area contributed by atoms with Crippen LogP contribution in [0.5, 0.6) is 0 Å². The number of aliphatic hydroxyl groups excluding tert-OH is 1. The molecule has 0 bridgehead atoms. The van der Waals surface area contributed by atoms with Crippen LogP contribution in [0.3, 0.4) is 0 Å². The highest BCUT2D eigenvalue weighted by atomic mass is 32.1. The van der Waals surface area contributed by atoms with E-state index in [4.69, 9.17) is 5.73 Å². The summed E-state index contributed by atoms with van der Waals surface area (Å²) >= 11 is 1.27. The summed E-state index contributed by atoms with van der Waals surface area (Å²) in [5.74, 6) is -0.756. The number of benzene rings is 2. The fraction of sp³-hybridized carbons (Fsp3) is 0.0526. The number of rotatable bonds is 5. The number of amides is 2. The van der Waals surface area contributed by atoms with Crippen molar-refractivity contribution in [2.45, 2.75) is 6.61 Å². The van der Waals surface area contributed by atoms with Crippen LogP contribution >= 0.6 is 11.3 Å². The second kappa shape index (κ2) is 7.29. The predicted octanol–water partition coefficient (Wildman–Crippen LogP) is 3.26. The number of anilines is 1. The number of primary amides is 1. The third-order valence-electron chi connectivity index (χ3n) is 3.69. The molecule has 2 amide bonds. The van der Waals surface area contributed by atoms with Crippen molar-refractivity contribution in [1.82, 2.24) is 0 Å². The summed E-state index contributed by atoms with van der Waals surface area (Å²) in [6.45, 7) is -0.0900. The number of carbonyl (C=O) groups is 2. The Labute approximate surface area is 148 Å². The molecule has 0 radical (unpaired) electrons. The highest BCUT2D eigenvalue weighted by molar-refractivity contribution is 7.12. The van der Waals surface area contributed by atoms with Gasteiger partial charge in [0.25, 0.3) is 11.8 Å². The minimum atomic E-state index is -0.485. The van der Waals surface area contributed by atoms with E-state index in [0.717, 1.165) is 16.7 Å². The van der Waals surface area contributed by atoms with Crippen LogP contribution in [0, 0.1) is 0 Å². The Kier molecular flexibility index (Phi) is 4.92. The zero-order valence-corrected chi connectivity index (χ0v) is 14.0. The zero-order chi connectivity index (χ0) is 17.8. The third kappa shape index (κ3) is 3.76. The molecule has 0 aliphatic heterocycles. The van der Waals surface area contributed by atoms with Gasteiger partial charge in [-0.2, -0.15) is 0 Å². The Bertz CT molecular complexity index is 934. The molecule has 0 fully saturated rings. The summed E-state index contributed by atoms with van der Waals surface area (Å²) in [5, 5.41) is 13.8. The Morgan fingerprint density at radius 3 is 2.64 bits per heavy atom. The molecule has 1 aromatic heterocycles. The van der Waals surface area contributed by atoms with E-state index in [1.807, 2.05) is 12.1 Å². The number of carbonyl (C=O) groups excluding carboxylic acids is 2. The maximum Gasteiger partial charge on any atom is 0.259 e. The van der Waals surface area contributed by atoms with Gasteiger partial charge in [0, 0.05) is 16.8 Å². The van der Waals surface area contributed by atoms with E-state index in [2.05, 4.69) is 5.32 Å². The number of hydrogen-bond acceptors (Lipinski definition) is 4. The Hall–Kier alpha value is -2.96. The molecular formula is C19H16N2O3S. The largest absolute Gasteiger partial charge is 0.392 e. The molecule has 2 aromatic carbocycles. The molecule has 4 N–H and O–H groups in total. The minimum Gasteiger partial charge on any atom is -0.392 e. The SMILES string of the molecule is NC(=O)c1sccc1-c1cccc(C(=O)Nc2cccc(CO)c2)c1. The molecule has 3 aromatic rings. The monoisotopic (exact) mass is 352 g/mol. The first-order chi connectivity index (χ1) is 12.1. The quantitative estimate of drug-likeness (QED) is 0.658. The van der Waals surface area contributed by atoms with Gasteiger partial charge in [-0.05, 0) is 46.8 Å². The summed E-state index contributed by atoms with van der Waals surface area (Å²) in [5.41, 5.74) is 8.66. The molecule has 0 saturated heterocycles. The van der Waals surface area contributed by atoms with Gasteiger partial charge in [-0.15, -0.1) is 11.3 Å². The van der Waals surface area contributed by atoms with Gasteiger partial charge in [0.2, 0.25) is 0 Å². The summed E-state index contributed by atoms with van der Waals surface area (Å²) in [6, 6.07) is 15.8. The van der Waals surface area contributed by atoms with E-state index in [9.17, 15) is 14.7 Å². The molecule has 0 saturated carbocycles. The molecule has 6 heteroatoms. The molecule has 0 spiro atoms. The molecule has 0 aliphatic carbocycles. The lowest BCUT2D eigenvalue weighted by Crippen LogP contribution is -2.12. The second-order valence-electron chi connectivity index (χ2n) is 5.42. The van der Waals surface area contributed by atoms with E-state index in [1.165, 1.54) is 11.3 Å². The van der Waals surface area contributed by atoms with E-state index >= 15 is 0 Å². The van der Waals surface area contributed by atoms with Gasteiger partial charge >= 0.3 is 0 Å². The fourth-order valence-corrected chi connectivity index (χ4v) is 3.28. The van der Waals surface area contributed by atoms with Crippen LogP contribution in [0.4, 0.5) is 5.69 Å². The van der Waals surface area contributed by atoms with E-state index in [0.29, 0.717) is 16.1 Å². The highest BCUT2D eigenvalue weighted by Crippen LogP contribution is 2.28. The standard InChI is InChI=1S/C19H16N2O3S/c20-18(23)17-16(7-8-25-17)13-4-2-5-14(10-13)19(24)21-15-6-1-3-12(9-15)11-22/h1-10,22H,11H2,(H2,20,23)(H,21,24). The first kappa shape index (κ1) is 16.9. The maximum atomic E-state index is 12.5. The van der Waals surface area contributed by atoms with Crippen molar-refractivity contribution < 1.29 is 14.7 Å². The molecule has 25 heavy (non-hydrogen) atoms. The van der Waals surface area contributed by atoms with Crippen LogP contribution in [-0.2, 0) is 6.61 Å². The van der Waals surface area contributed by atoms with Crippen LogP contribution < -0.4 is 11.1 Å². The summed E-state index contributed by atoms with van der Waals surface area (Å²) in [4.78, 5) is 24.5. The average Bonchev–Trinajstić information content (AvgIpc) is 3.12.